The topological polar surface area (TPSA) is 46.3 Å². The predicted octanol–water partition coefficient (Wildman–Crippen LogP) is 2.71. The molecule has 0 spiro atoms. The highest BCUT2D eigenvalue weighted by Gasteiger charge is 2.33. The van der Waals surface area contributed by atoms with E-state index in [1.807, 2.05) is 22.6 Å². The highest BCUT2D eigenvalue weighted by atomic mass is 127. The first-order valence-electron chi connectivity index (χ1n) is 6.03. The van der Waals surface area contributed by atoms with Gasteiger partial charge in [-0.15, -0.1) is 0 Å². The Bertz CT molecular complexity index is 519. The quantitative estimate of drug-likeness (QED) is 0.619. The molecule has 6 heteroatoms. The largest absolute Gasteiger partial charge is 0.393 e. The van der Waals surface area contributed by atoms with Crippen molar-refractivity contribution in [2.75, 3.05) is 6.54 Å². The molecule has 0 saturated heterocycles. The van der Waals surface area contributed by atoms with Crippen molar-refractivity contribution >= 4 is 45.7 Å². The zero-order chi connectivity index (χ0) is 14.0. The molecule has 0 heterocycles. The van der Waals surface area contributed by atoms with E-state index in [0.717, 1.165) is 12.8 Å². The molecule has 0 bridgehead atoms. The summed E-state index contributed by atoms with van der Waals surface area (Å²) in [5.74, 6) is -0.398. The van der Waals surface area contributed by atoms with Crippen LogP contribution in [0.3, 0.4) is 0 Å². The second kappa shape index (κ2) is 6.13. The van der Waals surface area contributed by atoms with Crippen LogP contribution in [-0.4, -0.2) is 28.4 Å². The Balaban J connectivity index is 2.16. The van der Waals surface area contributed by atoms with Crippen molar-refractivity contribution in [3.8, 4) is 0 Å². The van der Waals surface area contributed by atoms with Gasteiger partial charge in [-0.2, -0.15) is 0 Å². The molecule has 1 aromatic carbocycles. The lowest BCUT2D eigenvalue weighted by atomic mass is 10.2. The van der Waals surface area contributed by atoms with Crippen LogP contribution in [-0.2, 0) is 0 Å². The third-order valence-corrected chi connectivity index (χ3v) is 4.11. The van der Waals surface area contributed by atoms with Crippen LogP contribution >= 0.6 is 34.8 Å². The smallest absolute Gasteiger partial charge is 0.255 e. The van der Waals surface area contributed by atoms with Gasteiger partial charge in [0.1, 0.15) is 5.82 Å². The molecule has 1 aliphatic carbocycles. The average Bonchev–Trinajstić information content (AvgIpc) is 3.13. The minimum atomic E-state index is -0.331. The molecule has 2 rings (SSSR count). The summed E-state index contributed by atoms with van der Waals surface area (Å²) < 4.78 is 13.7. The summed E-state index contributed by atoms with van der Waals surface area (Å²) in [5.41, 5.74) is 6.03. The molecular formula is C13H14FIN2OS. The van der Waals surface area contributed by atoms with Crippen molar-refractivity contribution in [2.45, 2.75) is 25.3 Å². The SMILES string of the molecule is NC(=S)CCN(C(=O)c1ccc(F)cc1I)C1CC1. The van der Waals surface area contributed by atoms with Crippen LogP contribution in [0.2, 0.25) is 0 Å². The van der Waals surface area contributed by atoms with E-state index >= 15 is 0 Å². The van der Waals surface area contributed by atoms with Crippen LogP contribution in [0.1, 0.15) is 29.6 Å². The van der Waals surface area contributed by atoms with Crippen molar-refractivity contribution < 1.29 is 9.18 Å². The van der Waals surface area contributed by atoms with Gasteiger partial charge in [0.2, 0.25) is 0 Å². The number of amides is 1. The predicted molar refractivity (Wildman–Crippen MR) is 84.6 cm³/mol. The number of carbonyl (C=O) groups excluding carboxylic acids is 1. The van der Waals surface area contributed by atoms with Crippen LogP contribution in [0.25, 0.3) is 0 Å². The Labute approximate surface area is 130 Å². The fourth-order valence-electron chi connectivity index (χ4n) is 1.88. The summed E-state index contributed by atoms with van der Waals surface area (Å²) in [5, 5.41) is 0. The summed E-state index contributed by atoms with van der Waals surface area (Å²) in [6, 6.07) is 4.50. The van der Waals surface area contributed by atoms with Crippen molar-refractivity contribution in [3.05, 3.63) is 33.1 Å². The van der Waals surface area contributed by atoms with Gasteiger partial charge in [0, 0.05) is 22.6 Å². The Morgan fingerprint density at radius 2 is 2.21 bits per heavy atom. The molecule has 2 N–H and O–H groups in total. The zero-order valence-electron chi connectivity index (χ0n) is 10.2. The number of rotatable bonds is 5. The molecule has 1 aromatic rings. The average molecular weight is 392 g/mol. The van der Waals surface area contributed by atoms with Crippen LogP contribution < -0.4 is 5.73 Å². The zero-order valence-corrected chi connectivity index (χ0v) is 13.2. The number of benzene rings is 1. The minimum absolute atomic E-state index is 0.0665. The molecule has 0 atom stereocenters. The second-order valence-electron chi connectivity index (χ2n) is 4.57. The van der Waals surface area contributed by atoms with Gasteiger partial charge < -0.3 is 10.6 Å². The summed E-state index contributed by atoms with van der Waals surface area (Å²) >= 11 is 6.84. The van der Waals surface area contributed by atoms with E-state index in [1.165, 1.54) is 18.2 Å². The Morgan fingerprint density at radius 1 is 1.53 bits per heavy atom. The molecular weight excluding hydrogens is 378 g/mol. The van der Waals surface area contributed by atoms with Gasteiger partial charge in [-0.3, -0.25) is 4.79 Å². The summed E-state index contributed by atoms with van der Waals surface area (Å²) in [6.07, 6.45) is 2.55. The van der Waals surface area contributed by atoms with E-state index in [2.05, 4.69) is 0 Å². The van der Waals surface area contributed by atoms with E-state index in [0.29, 0.717) is 27.1 Å². The molecule has 1 fully saturated rings. The van der Waals surface area contributed by atoms with Crippen molar-refractivity contribution in [3.63, 3.8) is 0 Å². The Kier molecular flexibility index (Phi) is 4.72. The summed E-state index contributed by atoms with van der Waals surface area (Å²) in [7, 11) is 0. The molecule has 1 amide bonds. The standard InChI is InChI=1S/C13H14FIN2OS/c14-8-1-4-10(11(15)7-8)13(18)17(9-2-3-9)6-5-12(16)19/h1,4,7,9H,2-3,5-6H2,(H2,16,19). The van der Waals surface area contributed by atoms with Gasteiger partial charge in [-0.05, 0) is 53.6 Å². The van der Waals surface area contributed by atoms with E-state index in [1.54, 1.807) is 4.90 Å². The van der Waals surface area contributed by atoms with Crippen LogP contribution in [0, 0.1) is 9.39 Å². The fraction of sp³-hybridized carbons (Fsp3) is 0.385. The first-order chi connectivity index (χ1) is 8.99. The molecule has 3 nitrogen and oxygen atoms in total. The van der Waals surface area contributed by atoms with Crippen LogP contribution in [0.4, 0.5) is 4.39 Å². The lowest BCUT2D eigenvalue weighted by Gasteiger charge is -2.22. The van der Waals surface area contributed by atoms with Crippen molar-refractivity contribution in [2.24, 2.45) is 5.73 Å². The molecule has 1 aliphatic rings. The van der Waals surface area contributed by atoms with E-state index in [-0.39, 0.29) is 17.8 Å². The Hall–Kier alpha value is -0.760. The minimum Gasteiger partial charge on any atom is -0.393 e. The number of nitrogens with two attached hydrogens (primary N) is 1. The molecule has 0 aliphatic heterocycles. The molecule has 0 radical (unpaired) electrons. The van der Waals surface area contributed by atoms with Crippen molar-refractivity contribution in [1.29, 1.82) is 0 Å². The molecule has 102 valence electrons. The maximum absolute atomic E-state index is 13.1. The lowest BCUT2D eigenvalue weighted by Crippen LogP contribution is -2.36. The van der Waals surface area contributed by atoms with Gasteiger partial charge in [0.25, 0.3) is 5.91 Å². The van der Waals surface area contributed by atoms with Crippen LogP contribution in [0.15, 0.2) is 18.2 Å². The van der Waals surface area contributed by atoms with Gasteiger partial charge in [0.15, 0.2) is 0 Å². The number of nitrogens with zero attached hydrogens (tertiary/aromatic N) is 1. The van der Waals surface area contributed by atoms with Gasteiger partial charge >= 0.3 is 0 Å². The second-order valence-corrected chi connectivity index (χ2v) is 6.26. The van der Waals surface area contributed by atoms with Crippen LogP contribution in [0.5, 0.6) is 0 Å². The molecule has 1 saturated carbocycles. The number of carbonyl (C=O) groups is 1. The monoisotopic (exact) mass is 392 g/mol. The first kappa shape index (κ1) is 14.6. The third-order valence-electron chi connectivity index (χ3n) is 3.01. The van der Waals surface area contributed by atoms with Gasteiger partial charge in [0.05, 0.1) is 10.6 Å². The fourth-order valence-corrected chi connectivity index (χ4v) is 2.68. The number of hydrogen-bond donors (Lipinski definition) is 1. The lowest BCUT2D eigenvalue weighted by molar-refractivity contribution is 0.0747. The normalized spacial score (nSPS) is 14.2. The molecule has 0 unspecified atom stereocenters. The maximum atomic E-state index is 13.1. The third kappa shape index (κ3) is 3.85. The van der Waals surface area contributed by atoms with E-state index < -0.39 is 0 Å². The van der Waals surface area contributed by atoms with E-state index in [4.69, 9.17) is 18.0 Å². The highest BCUT2D eigenvalue weighted by molar-refractivity contribution is 14.1. The summed E-state index contributed by atoms with van der Waals surface area (Å²) in [6.45, 7) is 0.534. The number of halogens is 2. The number of thiocarbonyl (C=S) groups is 1. The highest BCUT2D eigenvalue weighted by Crippen LogP contribution is 2.29. The van der Waals surface area contributed by atoms with Gasteiger partial charge in [-0.1, -0.05) is 12.2 Å². The number of hydrogen-bond acceptors (Lipinski definition) is 2. The first-order valence-corrected chi connectivity index (χ1v) is 7.52. The maximum Gasteiger partial charge on any atom is 0.255 e. The molecule has 0 aromatic heterocycles. The molecule has 19 heavy (non-hydrogen) atoms. The summed E-state index contributed by atoms with van der Waals surface area (Å²) in [4.78, 5) is 14.7. The van der Waals surface area contributed by atoms with E-state index in [9.17, 15) is 9.18 Å². The van der Waals surface area contributed by atoms with Crippen molar-refractivity contribution in [1.82, 2.24) is 4.90 Å². The van der Waals surface area contributed by atoms with Gasteiger partial charge in [-0.25, -0.2) is 4.39 Å². The Morgan fingerprint density at radius 3 is 2.74 bits per heavy atom.